The monoisotopic (exact) mass is 679 g/mol. The van der Waals surface area contributed by atoms with Gasteiger partial charge in [0.2, 0.25) is 0 Å². The minimum atomic E-state index is -0.422. The molecule has 0 bridgehead atoms. The van der Waals surface area contributed by atoms with Crippen LogP contribution < -0.4 is 4.90 Å². The minimum Gasteiger partial charge on any atom is -0.456 e. The second-order valence-corrected chi connectivity index (χ2v) is 14.2. The Morgan fingerprint density at radius 1 is 0.415 bits per heavy atom. The van der Waals surface area contributed by atoms with Crippen LogP contribution in [0, 0.1) is 0 Å². The van der Waals surface area contributed by atoms with E-state index in [0.717, 1.165) is 66.5 Å². The van der Waals surface area contributed by atoms with Crippen LogP contribution >= 0.6 is 0 Å². The van der Waals surface area contributed by atoms with E-state index in [2.05, 4.69) is 182 Å². The third kappa shape index (κ3) is 4.34. The number of benzene rings is 8. The molecule has 0 radical (unpaired) electrons. The molecule has 2 heterocycles. The molecule has 0 saturated heterocycles. The van der Waals surface area contributed by atoms with E-state index in [0.29, 0.717) is 0 Å². The summed E-state index contributed by atoms with van der Waals surface area (Å²) in [4.78, 5) is 2.38. The smallest absolute Gasteiger partial charge is 0.141 e. The lowest BCUT2D eigenvalue weighted by Gasteiger charge is -2.31. The van der Waals surface area contributed by atoms with Gasteiger partial charge in [-0.05, 0) is 88.8 Å². The fourth-order valence-electron chi connectivity index (χ4n) is 8.85. The van der Waals surface area contributed by atoms with Gasteiger partial charge in [-0.15, -0.1) is 0 Å². The van der Waals surface area contributed by atoms with Crippen molar-refractivity contribution in [3.63, 3.8) is 0 Å². The summed E-state index contributed by atoms with van der Waals surface area (Å²) in [5, 5.41) is 4.36. The van der Waals surface area contributed by atoms with Gasteiger partial charge in [-0.2, -0.15) is 0 Å². The van der Waals surface area contributed by atoms with Gasteiger partial charge >= 0.3 is 0 Å². The van der Waals surface area contributed by atoms with E-state index in [9.17, 15) is 0 Å². The molecule has 1 aliphatic carbocycles. The Balaban J connectivity index is 1.19. The summed E-state index contributed by atoms with van der Waals surface area (Å²) in [6.45, 7) is 2.36. The molecule has 1 aliphatic rings. The van der Waals surface area contributed by atoms with Crippen LogP contribution in [0.15, 0.2) is 191 Å². The largest absolute Gasteiger partial charge is 0.456 e. The van der Waals surface area contributed by atoms with Crippen LogP contribution in [0.5, 0.6) is 0 Å². The molecule has 0 saturated carbocycles. The molecule has 0 unspecified atom stereocenters. The molecule has 250 valence electrons. The summed E-state index contributed by atoms with van der Waals surface area (Å²) in [5.74, 6) is 0. The molecule has 2 aromatic heterocycles. The Kier molecular flexibility index (Phi) is 6.38. The highest BCUT2D eigenvalue weighted by Crippen LogP contribution is 2.55. The maximum atomic E-state index is 7.00. The van der Waals surface area contributed by atoms with Crippen LogP contribution in [-0.4, -0.2) is 0 Å². The van der Waals surface area contributed by atoms with Gasteiger partial charge in [-0.3, -0.25) is 0 Å². The van der Waals surface area contributed by atoms with E-state index >= 15 is 0 Å². The first-order valence-electron chi connectivity index (χ1n) is 18.2. The van der Waals surface area contributed by atoms with Crippen LogP contribution in [0.3, 0.4) is 0 Å². The molecule has 0 fully saturated rings. The molecule has 0 amide bonds. The topological polar surface area (TPSA) is 29.5 Å². The van der Waals surface area contributed by atoms with Gasteiger partial charge in [0.1, 0.15) is 22.3 Å². The molecular weight excluding hydrogens is 647 g/mol. The third-order valence-corrected chi connectivity index (χ3v) is 11.4. The normalized spacial score (nSPS) is 13.2. The van der Waals surface area contributed by atoms with E-state index in [-0.39, 0.29) is 0 Å². The van der Waals surface area contributed by atoms with Gasteiger partial charge in [-0.1, -0.05) is 133 Å². The SMILES string of the molecule is CC1(c2ccc(N(c3ccc(-c4ccccc4)cc3)c3ccc4oc5ccccc5c4c3)c3c2oc2ccccc23)c2ccccc2-c2ccccc21. The number of rotatable bonds is 5. The summed E-state index contributed by atoms with van der Waals surface area (Å²) < 4.78 is 13.3. The fourth-order valence-corrected chi connectivity index (χ4v) is 8.85. The van der Waals surface area contributed by atoms with E-state index < -0.39 is 5.41 Å². The first-order chi connectivity index (χ1) is 26.2. The number of anilines is 3. The molecule has 3 nitrogen and oxygen atoms in total. The van der Waals surface area contributed by atoms with Gasteiger partial charge in [0.25, 0.3) is 0 Å². The van der Waals surface area contributed by atoms with Gasteiger partial charge in [0, 0.05) is 38.5 Å². The Bertz CT molecular complexity index is 2980. The van der Waals surface area contributed by atoms with E-state index in [4.69, 9.17) is 8.83 Å². The first-order valence-corrected chi connectivity index (χ1v) is 18.2. The van der Waals surface area contributed by atoms with Gasteiger partial charge in [0.05, 0.1) is 11.1 Å². The third-order valence-electron chi connectivity index (χ3n) is 11.4. The Labute approximate surface area is 307 Å². The van der Waals surface area contributed by atoms with Crippen molar-refractivity contribution in [2.45, 2.75) is 12.3 Å². The van der Waals surface area contributed by atoms with Crippen LogP contribution in [0.4, 0.5) is 17.1 Å². The van der Waals surface area contributed by atoms with Crippen molar-refractivity contribution < 1.29 is 8.83 Å². The van der Waals surface area contributed by atoms with Crippen LogP contribution in [0.2, 0.25) is 0 Å². The highest BCUT2D eigenvalue weighted by molar-refractivity contribution is 6.15. The Morgan fingerprint density at radius 3 is 1.72 bits per heavy atom. The lowest BCUT2D eigenvalue weighted by atomic mass is 9.73. The molecule has 0 spiro atoms. The fraction of sp³-hybridized carbons (Fsp3) is 0.0400. The van der Waals surface area contributed by atoms with Crippen LogP contribution in [-0.2, 0) is 5.41 Å². The van der Waals surface area contributed by atoms with Gasteiger partial charge < -0.3 is 13.7 Å². The molecule has 0 aliphatic heterocycles. The predicted molar refractivity (Wildman–Crippen MR) is 219 cm³/mol. The first kappa shape index (κ1) is 29.8. The van der Waals surface area contributed by atoms with E-state index in [1.54, 1.807) is 0 Å². The molecule has 10 aromatic rings. The lowest BCUT2D eigenvalue weighted by molar-refractivity contribution is 0.638. The van der Waals surface area contributed by atoms with Crippen molar-refractivity contribution >= 4 is 60.9 Å². The minimum absolute atomic E-state index is 0.422. The molecule has 0 N–H and O–H groups in total. The van der Waals surface area contributed by atoms with Crippen LogP contribution in [0.1, 0.15) is 23.6 Å². The molecule has 8 aromatic carbocycles. The average molecular weight is 680 g/mol. The Hall–Kier alpha value is -6.84. The number of nitrogens with zero attached hydrogens (tertiary/aromatic N) is 1. The zero-order valence-corrected chi connectivity index (χ0v) is 29.1. The number of furan rings is 2. The van der Waals surface area contributed by atoms with E-state index in [1.165, 1.54) is 33.4 Å². The van der Waals surface area contributed by atoms with Crippen LogP contribution in [0.25, 0.3) is 66.1 Å². The predicted octanol–water partition coefficient (Wildman–Crippen LogP) is 14.0. The number of hydrogen-bond acceptors (Lipinski definition) is 3. The highest BCUT2D eigenvalue weighted by Gasteiger charge is 2.42. The maximum Gasteiger partial charge on any atom is 0.141 e. The Morgan fingerprint density at radius 2 is 0.981 bits per heavy atom. The van der Waals surface area contributed by atoms with Crippen molar-refractivity contribution in [2.24, 2.45) is 0 Å². The van der Waals surface area contributed by atoms with Gasteiger partial charge in [-0.25, -0.2) is 0 Å². The van der Waals surface area contributed by atoms with Crippen molar-refractivity contribution in [2.75, 3.05) is 4.90 Å². The van der Waals surface area contributed by atoms with Crippen molar-refractivity contribution in [1.82, 2.24) is 0 Å². The standard InChI is InChI=1S/C50H33NO2/c1-50(41-19-9-5-15-36(41)37-16-6-10-20-42(37)50)43-28-29-44(48-39-18-8-12-22-46(39)53-49(43)48)51(34-25-23-33(24-26-34)32-13-3-2-4-14-32)35-27-30-47-40(31-35)38-17-7-11-21-45(38)52-47/h2-31H,1H3. The number of hydrogen-bond donors (Lipinski definition) is 0. The van der Waals surface area contributed by atoms with E-state index in [1.807, 2.05) is 12.1 Å². The second-order valence-electron chi connectivity index (χ2n) is 14.2. The van der Waals surface area contributed by atoms with Crippen molar-refractivity contribution in [1.29, 1.82) is 0 Å². The number of para-hydroxylation sites is 2. The summed E-state index contributed by atoms with van der Waals surface area (Å²) in [7, 11) is 0. The number of fused-ring (bicyclic) bond motifs is 9. The van der Waals surface area contributed by atoms with Crippen molar-refractivity contribution in [3.05, 3.63) is 199 Å². The highest BCUT2D eigenvalue weighted by atomic mass is 16.3. The summed E-state index contributed by atoms with van der Waals surface area (Å²) in [5.41, 5.74) is 14.9. The molecule has 3 heteroatoms. The quantitative estimate of drug-likeness (QED) is 0.181. The molecule has 11 rings (SSSR count). The maximum absolute atomic E-state index is 7.00. The zero-order valence-electron chi connectivity index (χ0n) is 29.1. The lowest BCUT2D eigenvalue weighted by Crippen LogP contribution is -2.23. The van der Waals surface area contributed by atoms with Crippen molar-refractivity contribution in [3.8, 4) is 22.3 Å². The summed E-state index contributed by atoms with van der Waals surface area (Å²) in [6, 6.07) is 65.0. The zero-order chi connectivity index (χ0) is 35.1. The summed E-state index contributed by atoms with van der Waals surface area (Å²) >= 11 is 0. The summed E-state index contributed by atoms with van der Waals surface area (Å²) in [6.07, 6.45) is 0. The average Bonchev–Trinajstić information content (AvgIpc) is 3.88. The molecular formula is C50H33NO2. The molecule has 0 atom stereocenters. The van der Waals surface area contributed by atoms with Gasteiger partial charge in [0.15, 0.2) is 0 Å². The second kappa shape index (κ2) is 11.3. The molecule has 53 heavy (non-hydrogen) atoms.